The molecule has 0 spiro atoms. The van der Waals surface area contributed by atoms with Crippen LogP contribution in [0.2, 0.25) is 0 Å². The van der Waals surface area contributed by atoms with Crippen molar-refractivity contribution in [2.24, 2.45) is 0 Å². The van der Waals surface area contributed by atoms with E-state index in [1.807, 2.05) is 6.92 Å². The van der Waals surface area contributed by atoms with Gasteiger partial charge in [-0.05, 0) is 24.6 Å². The van der Waals surface area contributed by atoms with Gasteiger partial charge in [0.25, 0.3) is 0 Å². The molecular formula is C15H20F2N2O3. The first kappa shape index (κ1) is 16.6. The van der Waals surface area contributed by atoms with E-state index in [-0.39, 0.29) is 23.7 Å². The Morgan fingerprint density at radius 1 is 1.45 bits per heavy atom. The summed E-state index contributed by atoms with van der Waals surface area (Å²) >= 11 is 0. The van der Waals surface area contributed by atoms with E-state index < -0.39 is 6.61 Å². The normalized spacial score (nSPS) is 19.7. The van der Waals surface area contributed by atoms with Crippen LogP contribution in [0.4, 0.5) is 8.78 Å². The molecule has 5 nitrogen and oxygen atoms in total. The monoisotopic (exact) mass is 314 g/mol. The molecule has 1 heterocycles. The maximum atomic E-state index is 12.1. The van der Waals surface area contributed by atoms with Crippen molar-refractivity contribution < 1.29 is 23.0 Å². The van der Waals surface area contributed by atoms with Gasteiger partial charge in [-0.3, -0.25) is 4.79 Å². The van der Waals surface area contributed by atoms with Gasteiger partial charge >= 0.3 is 6.61 Å². The standard InChI is InChI=1S/C15H20F2N2O3/c1-10(11-2-4-13(5-3-11)22-15(16)17)19-14(20)8-12-9-21-7-6-18-12/h2-5,10,12,15,18H,6-9H2,1H3,(H,19,20). The zero-order chi connectivity index (χ0) is 15.9. The third-order valence-electron chi connectivity index (χ3n) is 3.41. The number of alkyl halides is 2. The first-order valence-electron chi connectivity index (χ1n) is 7.20. The summed E-state index contributed by atoms with van der Waals surface area (Å²) in [7, 11) is 0. The Balaban J connectivity index is 1.82. The topological polar surface area (TPSA) is 59.6 Å². The summed E-state index contributed by atoms with van der Waals surface area (Å²) in [5.41, 5.74) is 0.822. The maximum Gasteiger partial charge on any atom is 0.387 e. The van der Waals surface area contributed by atoms with E-state index in [0.29, 0.717) is 19.6 Å². The summed E-state index contributed by atoms with van der Waals surface area (Å²) in [4.78, 5) is 12.0. The van der Waals surface area contributed by atoms with Crippen molar-refractivity contribution in [2.45, 2.75) is 32.0 Å². The number of carbonyl (C=O) groups is 1. The number of halogens is 2. The first-order valence-corrected chi connectivity index (χ1v) is 7.20. The van der Waals surface area contributed by atoms with E-state index >= 15 is 0 Å². The number of nitrogens with one attached hydrogen (secondary N) is 2. The summed E-state index contributed by atoms with van der Waals surface area (Å²) in [6, 6.07) is 6.05. The van der Waals surface area contributed by atoms with Crippen molar-refractivity contribution in [2.75, 3.05) is 19.8 Å². The van der Waals surface area contributed by atoms with Crippen molar-refractivity contribution in [3.05, 3.63) is 29.8 Å². The number of rotatable bonds is 6. The molecule has 0 aliphatic carbocycles. The molecule has 0 saturated carbocycles. The van der Waals surface area contributed by atoms with Crippen molar-refractivity contribution >= 4 is 5.91 Å². The van der Waals surface area contributed by atoms with E-state index in [1.165, 1.54) is 12.1 Å². The lowest BCUT2D eigenvalue weighted by atomic mass is 10.1. The molecule has 2 N–H and O–H groups in total. The minimum Gasteiger partial charge on any atom is -0.435 e. The fourth-order valence-electron chi connectivity index (χ4n) is 2.30. The highest BCUT2D eigenvalue weighted by molar-refractivity contribution is 5.77. The van der Waals surface area contributed by atoms with Gasteiger partial charge in [0.15, 0.2) is 0 Å². The Hall–Kier alpha value is -1.73. The summed E-state index contributed by atoms with van der Waals surface area (Å²) in [5.74, 6) is 0.0178. The van der Waals surface area contributed by atoms with Crippen molar-refractivity contribution in [3.63, 3.8) is 0 Å². The lowest BCUT2D eigenvalue weighted by Gasteiger charge is -2.24. The molecule has 1 aliphatic heterocycles. The largest absolute Gasteiger partial charge is 0.435 e. The molecule has 0 radical (unpaired) electrons. The fourth-order valence-corrected chi connectivity index (χ4v) is 2.30. The summed E-state index contributed by atoms with van der Waals surface area (Å²) in [5, 5.41) is 6.10. The summed E-state index contributed by atoms with van der Waals surface area (Å²) in [6.45, 7) is 0.946. The van der Waals surface area contributed by atoms with E-state index in [1.54, 1.807) is 12.1 Å². The predicted octanol–water partition coefficient (Wildman–Crippen LogP) is 1.84. The highest BCUT2D eigenvalue weighted by Crippen LogP contribution is 2.19. The Bertz CT molecular complexity index is 476. The van der Waals surface area contributed by atoms with Gasteiger partial charge < -0.3 is 20.1 Å². The molecule has 2 atom stereocenters. The van der Waals surface area contributed by atoms with Gasteiger partial charge in [-0.1, -0.05) is 12.1 Å². The smallest absolute Gasteiger partial charge is 0.387 e. The summed E-state index contributed by atoms with van der Waals surface area (Å²) in [6.07, 6.45) is 0.344. The number of hydrogen-bond donors (Lipinski definition) is 2. The van der Waals surface area contributed by atoms with Gasteiger partial charge in [0.1, 0.15) is 5.75 Å². The van der Waals surface area contributed by atoms with Crippen LogP contribution in [0.3, 0.4) is 0 Å². The van der Waals surface area contributed by atoms with Crippen LogP contribution < -0.4 is 15.4 Å². The molecule has 1 aromatic carbocycles. The van der Waals surface area contributed by atoms with Crippen molar-refractivity contribution in [1.82, 2.24) is 10.6 Å². The van der Waals surface area contributed by atoms with Gasteiger partial charge in [-0.25, -0.2) is 0 Å². The second-order valence-electron chi connectivity index (χ2n) is 5.17. The Kier molecular flexibility index (Phi) is 6.09. The molecule has 1 aliphatic rings. The van der Waals surface area contributed by atoms with Crippen LogP contribution in [0, 0.1) is 0 Å². The highest BCUT2D eigenvalue weighted by atomic mass is 19.3. The van der Waals surface area contributed by atoms with Gasteiger partial charge in [-0.15, -0.1) is 0 Å². The molecule has 1 aromatic rings. The van der Waals surface area contributed by atoms with Gasteiger partial charge in [0.2, 0.25) is 5.91 Å². The van der Waals surface area contributed by atoms with Crippen LogP contribution in [-0.2, 0) is 9.53 Å². The van der Waals surface area contributed by atoms with Crippen molar-refractivity contribution in [3.8, 4) is 5.75 Å². The van der Waals surface area contributed by atoms with Crippen molar-refractivity contribution in [1.29, 1.82) is 0 Å². The Morgan fingerprint density at radius 2 is 2.18 bits per heavy atom. The minimum atomic E-state index is -2.84. The first-order chi connectivity index (χ1) is 10.5. The number of amides is 1. The number of morpholine rings is 1. The molecule has 1 amide bonds. The molecule has 0 bridgehead atoms. The predicted molar refractivity (Wildman–Crippen MR) is 76.9 cm³/mol. The second-order valence-corrected chi connectivity index (χ2v) is 5.17. The maximum absolute atomic E-state index is 12.1. The lowest BCUT2D eigenvalue weighted by molar-refractivity contribution is -0.122. The molecule has 2 rings (SSSR count). The van der Waals surface area contributed by atoms with Crippen LogP contribution >= 0.6 is 0 Å². The average Bonchev–Trinajstić information content (AvgIpc) is 2.48. The SMILES string of the molecule is CC(NC(=O)CC1COCCN1)c1ccc(OC(F)F)cc1. The third-order valence-corrected chi connectivity index (χ3v) is 3.41. The quantitative estimate of drug-likeness (QED) is 0.841. The Morgan fingerprint density at radius 3 is 2.77 bits per heavy atom. The van der Waals surface area contributed by atoms with Crippen LogP contribution in [0.1, 0.15) is 24.9 Å². The van der Waals surface area contributed by atoms with Crippen LogP contribution in [0.15, 0.2) is 24.3 Å². The number of carbonyl (C=O) groups excluding carboxylic acids is 1. The fraction of sp³-hybridized carbons (Fsp3) is 0.533. The van der Waals surface area contributed by atoms with Crippen LogP contribution in [0.25, 0.3) is 0 Å². The summed E-state index contributed by atoms with van der Waals surface area (Å²) < 4.78 is 33.7. The molecule has 122 valence electrons. The lowest BCUT2D eigenvalue weighted by Crippen LogP contribution is -2.44. The number of ether oxygens (including phenoxy) is 2. The number of hydrogen-bond acceptors (Lipinski definition) is 4. The molecule has 2 unspecified atom stereocenters. The van der Waals surface area contributed by atoms with E-state index in [9.17, 15) is 13.6 Å². The highest BCUT2D eigenvalue weighted by Gasteiger charge is 2.18. The molecule has 22 heavy (non-hydrogen) atoms. The van der Waals surface area contributed by atoms with Gasteiger partial charge in [-0.2, -0.15) is 8.78 Å². The second kappa shape index (κ2) is 8.05. The molecule has 1 fully saturated rings. The van der Waals surface area contributed by atoms with Gasteiger partial charge in [0, 0.05) is 19.0 Å². The molecule has 0 aromatic heterocycles. The number of benzene rings is 1. The molecule has 1 saturated heterocycles. The zero-order valence-corrected chi connectivity index (χ0v) is 12.4. The van der Waals surface area contributed by atoms with Crippen LogP contribution in [0.5, 0.6) is 5.75 Å². The zero-order valence-electron chi connectivity index (χ0n) is 12.4. The van der Waals surface area contributed by atoms with E-state index in [0.717, 1.165) is 12.1 Å². The molecule has 7 heteroatoms. The minimum absolute atomic E-state index is 0.0303. The van der Waals surface area contributed by atoms with E-state index in [4.69, 9.17) is 4.74 Å². The third kappa shape index (κ3) is 5.23. The van der Waals surface area contributed by atoms with Gasteiger partial charge in [0.05, 0.1) is 19.3 Å². The van der Waals surface area contributed by atoms with Crippen LogP contribution in [-0.4, -0.2) is 38.3 Å². The average molecular weight is 314 g/mol. The Labute approximate surface area is 128 Å². The van der Waals surface area contributed by atoms with E-state index in [2.05, 4.69) is 15.4 Å². The molecular weight excluding hydrogens is 294 g/mol.